The maximum Gasteiger partial charge on any atom is 0.471 e. The van der Waals surface area contributed by atoms with Gasteiger partial charge in [-0.15, -0.1) is 0 Å². The molecule has 27 heavy (non-hydrogen) atoms. The van der Waals surface area contributed by atoms with Crippen molar-refractivity contribution in [2.45, 2.75) is 32.5 Å². The van der Waals surface area contributed by atoms with Crippen LogP contribution >= 0.6 is 0 Å². The number of hydrogen-bond donors (Lipinski definition) is 1. The Morgan fingerprint density at radius 1 is 1.11 bits per heavy atom. The van der Waals surface area contributed by atoms with Crippen molar-refractivity contribution in [3.05, 3.63) is 24.3 Å². The summed E-state index contributed by atoms with van der Waals surface area (Å²) in [6.45, 7) is 6.67. The summed E-state index contributed by atoms with van der Waals surface area (Å²) in [5.74, 6) is -1.92. The quantitative estimate of drug-likeness (QED) is 0.842. The number of nitrogens with zero attached hydrogens (tertiary/aromatic N) is 2. The average molecular weight is 387 g/mol. The summed E-state index contributed by atoms with van der Waals surface area (Å²) >= 11 is 0. The summed E-state index contributed by atoms with van der Waals surface area (Å²) < 4.78 is 43.0. The van der Waals surface area contributed by atoms with Gasteiger partial charge in [0.25, 0.3) is 0 Å². The summed E-state index contributed by atoms with van der Waals surface area (Å²) in [5, 5.41) is 1.77. The molecule has 2 rings (SSSR count). The Morgan fingerprint density at radius 2 is 1.70 bits per heavy atom. The summed E-state index contributed by atoms with van der Waals surface area (Å²) in [6, 6.07) is 7.56. The molecule has 1 heterocycles. The lowest BCUT2D eigenvalue weighted by atomic mass is 10.0. The van der Waals surface area contributed by atoms with E-state index >= 15 is 0 Å². The molecular formula is C18H24F3N3O3. The van der Waals surface area contributed by atoms with Gasteiger partial charge in [0, 0.05) is 26.2 Å². The molecule has 1 N–H and O–H groups in total. The monoisotopic (exact) mass is 387 g/mol. The van der Waals surface area contributed by atoms with Crippen LogP contribution < -0.4 is 15.0 Å². The molecule has 0 atom stereocenters. The SMILES string of the molecule is CCOc1ccccc1N1CCN(C(=O)C(C)(C)NC(=O)C(F)(F)F)CC1. The van der Waals surface area contributed by atoms with E-state index < -0.39 is 23.5 Å². The summed E-state index contributed by atoms with van der Waals surface area (Å²) in [7, 11) is 0. The Morgan fingerprint density at radius 3 is 2.26 bits per heavy atom. The molecule has 150 valence electrons. The van der Waals surface area contributed by atoms with Gasteiger partial charge in [-0.3, -0.25) is 9.59 Å². The number of nitrogens with one attached hydrogen (secondary N) is 1. The molecule has 1 aromatic rings. The Bertz CT molecular complexity index is 684. The van der Waals surface area contributed by atoms with Gasteiger partial charge >= 0.3 is 12.1 Å². The Labute approximate surface area is 156 Å². The lowest BCUT2D eigenvalue weighted by molar-refractivity contribution is -0.176. The molecule has 1 aliphatic rings. The molecule has 9 heteroatoms. The van der Waals surface area contributed by atoms with E-state index in [0.717, 1.165) is 11.4 Å². The second-order valence-corrected chi connectivity index (χ2v) is 6.76. The number of halogens is 3. The zero-order chi connectivity index (χ0) is 20.2. The van der Waals surface area contributed by atoms with Crippen LogP contribution in [0.15, 0.2) is 24.3 Å². The third kappa shape index (κ3) is 5.05. The van der Waals surface area contributed by atoms with Crippen molar-refractivity contribution >= 4 is 17.5 Å². The summed E-state index contributed by atoms with van der Waals surface area (Å²) in [6.07, 6.45) is -5.03. The van der Waals surface area contributed by atoms with Crippen LogP contribution in [0.1, 0.15) is 20.8 Å². The van der Waals surface area contributed by atoms with Crippen LogP contribution in [0.4, 0.5) is 18.9 Å². The van der Waals surface area contributed by atoms with Crippen LogP contribution in [0.2, 0.25) is 0 Å². The number of ether oxygens (including phenoxy) is 1. The third-order valence-corrected chi connectivity index (χ3v) is 4.29. The van der Waals surface area contributed by atoms with E-state index in [1.807, 2.05) is 31.2 Å². The minimum atomic E-state index is -5.03. The van der Waals surface area contributed by atoms with E-state index in [1.165, 1.54) is 18.7 Å². The van der Waals surface area contributed by atoms with Gasteiger partial charge in [0.05, 0.1) is 12.3 Å². The molecule has 0 aromatic heterocycles. The van der Waals surface area contributed by atoms with Crippen molar-refractivity contribution < 1.29 is 27.5 Å². The molecule has 1 aromatic carbocycles. The fraction of sp³-hybridized carbons (Fsp3) is 0.556. The molecular weight excluding hydrogens is 363 g/mol. The van der Waals surface area contributed by atoms with E-state index in [1.54, 1.807) is 5.32 Å². The van der Waals surface area contributed by atoms with Crippen molar-refractivity contribution in [2.75, 3.05) is 37.7 Å². The molecule has 0 saturated carbocycles. The van der Waals surface area contributed by atoms with Gasteiger partial charge in [0.2, 0.25) is 5.91 Å². The summed E-state index contributed by atoms with van der Waals surface area (Å²) in [5.41, 5.74) is -0.728. The van der Waals surface area contributed by atoms with Crippen molar-refractivity contribution in [3.63, 3.8) is 0 Å². The molecule has 0 radical (unpaired) electrons. The maximum atomic E-state index is 12.6. The Balaban J connectivity index is 2.01. The van der Waals surface area contributed by atoms with Gasteiger partial charge in [-0.25, -0.2) is 0 Å². The zero-order valence-electron chi connectivity index (χ0n) is 15.6. The first-order valence-electron chi connectivity index (χ1n) is 8.71. The molecule has 1 fully saturated rings. The van der Waals surface area contributed by atoms with Crippen LogP contribution in [0.25, 0.3) is 0 Å². The number of carbonyl (C=O) groups is 2. The molecule has 1 aliphatic heterocycles. The molecule has 0 unspecified atom stereocenters. The predicted octanol–water partition coefficient (Wildman–Crippen LogP) is 2.19. The van der Waals surface area contributed by atoms with Crippen LogP contribution in [0.5, 0.6) is 5.75 Å². The Hall–Kier alpha value is -2.45. The zero-order valence-corrected chi connectivity index (χ0v) is 15.6. The van der Waals surface area contributed by atoms with E-state index in [-0.39, 0.29) is 0 Å². The number of amides is 2. The van der Waals surface area contributed by atoms with E-state index in [0.29, 0.717) is 32.8 Å². The first kappa shape index (κ1) is 20.9. The number of para-hydroxylation sites is 2. The second kappa shape index (κ2) is 8.06. The van der Waals surface area contributed by atoms with Gasteiger partial charge in [-0.2, -0.15) is 13.2 Å². The predicted molar refractivity (Wildman–Crippen MR) is 94.7 cm³/mol. The topological polar surface area (TPSA) is 61.9 Å². The van der Waals surface area contributed by atoms with Crippen LogP contribution in [0.3, 0.4) is 0 Å². The third-order valence-electron chi connectivity index (χ3n) is 4.29. The first-order chi connectivity index (χ1) is 12.6. The van der Waals surface area contributed by atoms with Gasteiger partial charge < -0.3 is 19.9 Å². The largest absolute Gasteiger partial charge is 0.492 e. The molecule has 1 saturated heterocycles. The number of carbonyl (C=O) groups excluding carboxylic acids is 2. The summed E-state index contributed by atoms with van der Waals surface area (Å²) in [4.78, 5) is 27.3. The van der Waals surface area contributed by atoms with Gasteiger partial charge in [0.15, 0.2) is 0 Å². The van der Waals surface area contributed by atoms with E-state index in [4.69, 9.17) is 4.74 Å². The highest BCUT2D eigenvalue weighted by Gasteiger charge is 2.44. The standard InChI is InChI=1S/C18H24F3N3O3/c1-4-27-14-8-6-5-7-13(14)23-9-11-24(12-10-23)16(26)17(2,3)22-15(25)18(19,20)21/h5-8H,4,9-12H2,1-3H3,(H,22,25). The minimum absolute atomic E-state index is 0.338. The van der Waals surface area contributed by atoms with Gasteiger partial charge in [-0.1, -0.05) is 12.1 Å². The number of alkyl halides is 3. The normalized spacial score (nSPS) is 15.5. The first-order valence-corrected chi connectivity index (χ1v) is 8.71. The second-order valence-electron chi connectivity index (χ2n) is 6.76. The highest BCUT2D eigenvalue weighted by Crippen LogP contribution is 2.29. The highest BCUT2D eigenvalue weighted by molar-refractivity contribution is 5.92. The smallest absolute Gasteiger partial charge is 0.471 e. The number of rotatable bonds is 5. The van der Waals surface area contributed by atoms with Gasteiger partial charge in [0.1, 0.15) is 11.3 Å². The maximum absolute atomic E-state index is 12.6. The van der Waals surface area contributed by atoms with Gasteiger partial charge in [-0.05, 0) is 32.9 Å². The number of hydrogen-bond acceptors (Lipinski definition) is 4. The van der Waals surface area contributed by atoms with Crippen LogP contribution in [-0.4, -0.2) is 61.2 Å². The molecule has 2 amide bonds. The highest BCUT2D eigenvalue weighted by atomic mass is 19.4. The molecule has 0 spiro atoms. The fourth-order valence-electron chi connectivity index (χ4n) is 2.95. The van der Waals surface area contributed by atoms with Crippen molar-refractivity contribution in [2.24, 2.45) is 0 Å². The number of piperazine rings is 1. The molecule has 6 nitrogen and oxygen atoms in total. The molecule has 0 aliphatic carbocycles. The minimum Gasteiger partial charge on any atom is -0.492 e. The lowest BCUT2D eigenvalue weighted by Crippen LogP contribution is -2.61. The average Bonchev–Trinajstić information content (AvgIpc) is 2.61. The fourth-order valence-corrected chi connectivity index (χ4v) is 2.95. The number of benzene rings is 1. The van der Waals surface area contributed by atoms with Crippen molar-refractivity contribution in [3.8, 4) is 5.75 Å². The lowest BCUT2D eigenvalue weighted by Gasteiger charge is -2.40. The van der Waals surface area contributed by atoms with Crippen LogP contribution in [-0.2, 0) is 9.59 Å². The van der Waals surface area contributed by atoms with Crippen molar-refractivity contribution in [1.29, 1.82) is 0 Å². The Kier molecular flexibility index (Phi) is 6.22. The number of anilines is 1. The van der Waals surface area contributed by atoms with E-state index in [2.05, 4.69) is 4.90 Å². The van der Waals surface area contributed by atoms with Crippen LogP contribution in [0, 0.1) is 0 Å². The molecule has 0 bridgehead atoms. The van der Waals surface area contributed by atoms with Crippen molar-refractivity contribution in [1.82, 2.24) is 10.2 Å². The van der Waals surface area contributed by atoms with E-state index in [9.17, 15) is 22.8 Å².